The summed E-state index contributed by atoms with van der Waals surface area (Å²) in [7, 11) is 0. The number of pyridine rings is 1. The molecule has 4 rings (SSSR count). The summed E-state index contributed by atoms with van der Waals surface area (Å²) in [6, 6.07) is 18.9. The first-order valence-electron chi connectivity index (χ1n) is 8.93. The highest BCUT2D eigenvalue weighted by atomic mass is 19.1. The lowest BCUT2D eigenvalue weighted by Gasteiger charge is -2.10. The van der Waals surface area contributed by atoms with Crippen LogP contribution in [0.5, 0.6) is 11.5 Å². The molecule has 0 radical (unpaired) electrons. The minimum Gasteiger partial charge on any atom is -0.457 e. The van der Waals surface area contributed by atoms with Crippen LogP contribution in [-0.4, -0.2) is 15.0 Å². The predicted octanol–water partition coefficient (Wildman–Crippen LogP) is 5.10. The monoisotopic (exact) mass is 387 g/mol. The normalized spacial score (nSPS) is 10.6. The third-order valence-electron chi connectivity index (χ3n) is 4.11. The van der Waals surface area contributed by atoms with Crippen molar-refractivity contribution >= 4 is 17.5 Å². The van der Waals surface area contributed by atoms with Crippen LogP contribution in [-0.2, 0) is 0 Å². The molecule has 0 fully saturated rings. The number of halogens is 1. The maximum absolute atomic E-state index is 13.2. The van der Waals surface area contributed by atoms with Crippen LogP contribution in [0, 0.1) is 12.7 Å². The lowest BCUT2D eigenvalue weighted by molar-refractivity contribution is 0.481. The summed E-state index contributed by atoms with van der Waals surface area (Å²) in [6.07, 6.45) is 1.71. The Bertz CT molecular complexity index is 1130. The molecule has 6 nitrogen and oxygen atoms in total. The van der Waals surface area contributed by atoms with Crippen molar-refractivity contribution in [1.29, 1.82) is 0 Å². The van der Waals surface area contributed by atoms with Crippen molar-refractivity contribution in [1.82, 2.24) is 15.0 Å². The van der Waals surface area contributed by atoms with Gasteiger partial charge in [-0.2, -0.15) is 4.98 Å². The summed E-state index contributed by atoms with van der Waals surface area (Å²) in [4.78, 5) is 12.6. The van der Waals surface area contributed by atoms with Gasteiger partial charge in [-0.3, -0.25) is 4.98 Å². The average Bonchev–Trinajstić information content (AvgIpc) is 2.70. The second kappa shape index (κ2) is 7.93. The van der Waals surface area contributed by atoms with Crippen molar-refractivity contribution < 1.29 is 9.13 Å². The Kier molecular flexibility index (Phi) is 5.03. The van der Waals surface area contributed by atoms with Crippen LogP contribution in [0.15, 0.2) is 72.9 Å². The molecule has 0 saturated carbocycles. The summed E-state index contributed by atoms with van der Waals surface area (Å²) < 4.78 is 19.0. The fourth-order valence-corrected chi connectivity index (χ4v) is 2.77. The first-order valence-corrected chi connectivity index (χ1v) is 8.93. The highest BCUT2D eigenvalue weighted by Gasteiger charge is 2.06. The number of nitrogens with two attached hydrogens (primary N) is 1. The molecule has 0 aliphatic rings. The molecule has 0 aliphatic carbocycles. The number of anilines is 3. The van der Waals surface area contributed by atoms with E-state index in [-0.39, 0.29) is 11.8 Å². The average molecular weight is 387 g/mol. The van der Waals surface area contributed by atoms with Gasteiger partial charge in [-0.25, -0.2) is 9.37 Å². The van der Waals surface area contributed by atoms with Gasteiger partial charge in [-0.15, -0.1) is 0 Å². The Morgan fingerprint density at radius 1 is 0.897 bits per heavy atom. The van der Waals surface area contributed by atoms with Gasteiger partial charge in [0.25, 0.3) is 0 Å². The first kappa shape index (κ1) is 18.4. The van der Waals surface area contributed by atoms with Gasteiger partial charge in [0.05, 0.1) is 5.69 Å². The number of ether oxygens (including phenoxy) is 1. The minimum absolute atomic E-state index is 0.127. The second-order valence-electron chi connectivity index (χ2n) is 6.39. The van der Waals surface area contributed by atoms with Crippen LogP contribution in [0.2, 0.25) is 0 Å². The largest absolute Gasteiger partial charge is 0.457 e. The number of hydrogen-bond donors (Lipinski definition) is 2. The maximum atomic E-state index is 13.2. The molecule has 2 aromatic carbocycles. The van der Waals surface area contributed by atoms with E-state index in [1.165, 1.54) is 12.1 Å². The number of hydrogen-bond acceptors (Lipinski definition) is 6. The van der Waals surface area contributed by atoms with Crippen molar-refractivity contribution in [2.45, 2.75) is 6.92 Å². The van der Waals surface area contributed by atoms with Crippen molar-refractivity contribution in [3.05, 3.63) is 84.4 Å². The molecule has 2 aromatic heterocycles. The van der Waals surface area contributed by atoms with Gasteiger partial charge in [0.15, 0.2) is 0 Å². The smallest absolute Gasteiger partial charge is 0.222 e. The van der Waals surface area contributed by atoms with E-state index in [9.17, 15) is 4.39 Å². The zero-order valence-corrected chi connectivity index (χ0v) is 15.6. The van der Waals surface area contributed by atoms with E-state index in [4.69, 9.17) is 10.5 Å². The van der Waals surface area contributed by atoms with Gasteiger partial charge in [-0.05, 0) is 61.5 Å². The number of rotatable bonds is 5. The molecule has 0 spiro atoms. The standard InChI is InChI=1S/C22H18FN5O/c1-14-12-19(10-11-25-14)29-18-8-6-17(7-9-18)26-21-13-20(27-22(24)28-21)15-2-4-16(23)5-3-15/h2-13H,1H3,(H3,24,26,27,28). The van der Waals surface area contributed by atoms with Crippen LogP contribution in [0.3, 0.4) is 0 Å². The molecule has 0 amide bonds. The second-order valence-corrected chi connectivity index (χ2v) is 6.39. The number of nitrogen functional groups attached to an aromatic ring is 1. The molecule has 0 bridgehead atoms. The molecular formula is C22H18FN5O. The third kappa shape index (κ3) is 4.65. The number of aryl methyl sites for hydroxylation is 1. The van der Waals surface area contributed by atoms with E-state index < -0.39 is 0 Å². The van der Waals surface area contributed by atoms with Gasteiger partial charge < -0.3 is 15.8 Å². The molecule has 144 valence electrons. The first-order chi connectivity index (χ1) is 14.0. The van der Waals surface area contributed by atoms with E-state index >= 15 is 0 Å². The summed E-state index contributed by atoms with van der Waals surface area (Å²) in [5.41, 5.74) is 8.90. The third-order valence-corrected chi connectivity index (χ3v) is 4.11. The Labute approximate surface area is 167 Å². The lowest BCUT2D eigenvalue weighted by atomic mass is 10.1. The van der Waals surface area contributed by atoms with Gasteiger partial charge in [0.2, 0.25) is 5.95 Å². The lowest BCUT2D eigenvalue weighted by Crippen LogP contribution is -2.01. The molecule has 0 atom stereocenters. The summed E-state index contributed by atoms with van der Waals surface area (Å²) in [6.45, 7) is 1.91. The van der Waals surface area contributed by atoms with E-state index in [0.29, 0.717) is 17.3 Å². The minimum atomic E-state index is -0.307. The van der Waals surface area contributed by atoms with Gasteiger partial charge in [0.1, 0.15) is 23.1 Å². The SMILES string of the molecule is Cc1cc(Oc2ccc(Nc3cc(-c4ccc(F)cc4)nc(N)n3)cc2)ccn1. The van der Waals surface area contributed by atoms with Crippen molar-refractivity contribution in [3.63, 3.8) is 0 Å². The van der Waals surface area contributed by atoms with Crippen molar-refractivity contribution in [3.8, 4) is 22.8 Å². The summed E-state index contributed by atoms with van der Waals surface area (Å²) >= 11 is 0. The Morgan fingerprint density at radius 3 is 2.38 bits per heavy atom. The Balaban J connectivity index is 1.51. The fraction of sp³-hybridized carbons (Fsp3) is 0.0455. The van der Waals surface area contributed by atoms with Crippen molar-refractivity contribution in [2.75, 3.05) is 11.1 Å². The molecule has 0 unspecified atom stereocenters. The Morgan fingerprint density at radius 2 is 1.66 bits per heavy atom. The zero-order valence-electron chi connectivity index (χ0n) is 15.6. The number of aromatic nitrogens is 3. The molecule has 7 heteroatoms. The molecular weight excluding hydrogens is 369 g/mol. The topological polar surface area (TPSA) is 86.0 Å². The zero-order chi connectivity index (χ0) is 20.2. The highest BCUT2D eigenvalue weighted by Crippen LogP contribution is 2.26. The van der Waals surface area contributed by atoms with Crippen LogP contribution in [0.4, 0.5) is 21.8 Å². The molecule has 3 N–H and O–H groups in total. The number of benzene rings is 2. The van der Waals surface area contributed by atoms with Crippen molar-refractivity contribution in [2.24, 2.45) is 0 Å². The summed E-state index contributed by atoms with van der Waals surface area (Å²) in [5.74, 6) is 1.79. The molecule has 0 saturated heterocycles. The van der Waals surface area contributed by atoms with Crippen LogP contribution >= 0.6 is 0 Å². The van der Waals surface area contributed by atoms with E-state index in [2.05, 4.69) is 20.3 Å². The quantitative estimate of drug-likeness (QED) is 0.495. The molecule has 29 heavy (non-hydrogen) atoms. The van der Waals surface area contributed by atoms with Gasteiger partial charge in [0, 0.05) is 35.3 Å². The number of nitrogens with one attached hydrogen (secondary N) is 1. The summed E-state index contributed by atoms with van der Waals surface area (Å²) in [5, 5.41) is 3.20. The maximum Gasteiger partial charge on any atom is 0.222 e. The van der Waals surface area contributed by atoms with Crippen LogP contribution < -0.4 is 15.8 Å². The fourth-order valence-electron chi connectivity index (χ4n) is 2.77. The number of nitrogens with zero attached hydrogens (tertiary/aromatic N) is 3. The van der Waals surface area contributed by atoms with E-state index in [1.54, 1.807) is 30.5 Å². The molecule has 4 aromatic rings. The molecule has 0 aliphatic heterocycles. The van der Waals surface area contributed by atoms with E-state index in [0.717, 1.165) is 22.7 Å². The Hall–Kier alpha value is -4.00. The predicted molar refractivity (Wildman–Crippen MR) is 111 cm³/mol. The van der Waals surface area contributed by atoms with E-state index in [1.807, 2.05) is 37.3 Å². The van der Waals surface area contributed by atoms with Gasteiger partial charge >= 0.3 is 0 Å². The highest BCUT2D eigenvalue weighted by molar-refractivity contribution is 5.67. The van der Waals surface area contributed by atoms with Crippen LogP contribution in [0.25, 0.3) is 11.3 Å². The van der Waals surface area contributed by atoms with Gasteiger partial charge in [-0.1, -0.05) is 0 Å². The molecule has 2 heterocycles. The van der Waals surface area contributed by atoms with Crippen LogP contribution in [0.1, 0.15) is 5.69 Å².